The normalized spacial score (nSPS) is 23.2. The summed E-state index contributed by atoms with van der Waals surface area (Å²) in [6.45, 7) is 4.39. The van der Waals surface area contributed by atoms with Gasteiger partial charge < -0.3 is 14.8 Å². The van der Waals surface area contributed by atoms with Crippen molar-refractivity contribution in [1.29, 1.82) is 0 Å². The van der Waals surface area contributed by atoms with E-state index in [1.807, 2.05) is 12.4 Å². The Morgan fingerprint density at radius 2 is 2.39 bits per heavy atom. The fourth-order valence-corrected chi connectivity index (χ4v) is 3.84. The molecule has 5 heteroatoms. The van der Waals surface area contributed by atoms with Gasteiger partial charge in [-0.3, -0.25) is 0 Å². The Labute approximate surface area is 114 Å². The Bertz CT molecular complexity index is 366. The number of aromatic nitrogens is 2. The maximum atomic E-state index is 4.46. The fraction of sp³-hybridized carbons (Fsp3) is 0.769. The van der Waals surface area contributed by atoms with Crippen molar-refractivity contribution in [3.8, 4) is 0 Å². The summed E-state index contributed by atoms with van der Waals surface area (Å²) in [5.41, 5.74) is 0. The first-order valence-electron chi connectivity index (χ1n) is 6.70. The molecule has 18 heavy (non-hydrogen) atoms. The van der Waals surface area contributed by atoms with Crippen molar-refractivity contribution in [3.63, 3.8) is 0 Å². The van der Waals surface area contributed by atoms with Gasteiger partial charge in [0.15, 0.2) is 0 Å². The number of hydrogen-bond donors (Lipinski definition) is 1. The first kappa shape index (κ1) is 13.9. The van der Waals surface area contributed by atoms with Crippen molar-refractivity contribution in [2.24, 2.45) is 7.05 Å². The molecule has 1 aliphatic heterocycles. The van der Waals surface area contributed by atoms with Gasteiger partial charge in [-0.25, -0.2) is 4.98 Å². The molecule has 1 fully saturated rings. The lowest BCUT2D eigenvalue weighted by molar-refractivity contribution is 0.213. The van der Waals surface area contributed by atoms with Crippen molar-refractivity contribution in [2.75, 3.05) is 31.6 Å². The molecule has 4 nitrogen and oxygen atoms in total. The molecular formula is C13H24N4S. The summed E-state index contributed by atoms with van der Waals surface area (Å²) in [5.74, 6) is 3.65. The van der Waals surface area contributed by atoms with Gasteiger partial charge >= 0.3 is 0 Å². The van der Waals surface area contributed by atoms with E-state index < -0.39 is 0 Å². The highest BCUT2D eigenvalue weighted by atomic mass is 32.2. The lowest BCUT2D eigenvalue weighted by Crippen LogP contribution is -2.53. The number of nitrogens with zero attached hydrogens (tertiary/aromatic N) is 3. The van der Waals surface area contributed by atoms with Gasteiger partial charge in [0.05, 0.1) is 0 Å². The van der Waals surface area contributed by atoms with Gasteiger partial charge in [0, 0.05) is 56.0 Å². The van der Waals surface area contributed by atoms with Crippen molar-refractivity contribution < 1.29 is 0 Å². The van der Waals surface area contributed by atoms with Crippen LogP contribution in [-0.2, 0) is 13.5 Å². The summed E-state index contributed by atoms with van der Waals surface area (Å²) in [5, 5.41) is 3.64. The minimum Gasteiger partial charge on any atom is -0.338 e. The molecule has 1 aliphatic rings. The lowest BCUT2D eigenvalue weighted by atomic mass is 10.0. The highest BCUT2D eigenvalue weighted by Crippen LogP contribution is 2.19. The minimum atomic E-state index is 0.494. The standard InChI is InChI=1S/C13H24N4S/c1-4-14-11(9-13-15-5-6-17(13)3)12-10-18-8-7-16(12)2/h5-6,11-12,14H,4,7-10H2,1-3H3. The summed E-state index contributed by atoms with van der Waals surface area (Å²) in [6, 6.07) is 1.11. The molecule has 2 rings (SSSR count). The van der Waals surface area contributed by atoms with E-state index in [0.717, 1.165) is 13.0 Å². The summed E-state index contributed by atoms with van der Waals surface area (Å²) in [6.07, 6.45) is 4.92. The van der Waals surface area contributed by atoms with Crippen LogP contribution in [0.2, 0.25) is 0 Å². The van der Waals surface area contributed by atoms with Crippen molar-refractivity contribution in [1.82, 2.24) is 19.8 Å². The van der Waals surface area contributed by atoms with E-state index in [0.29, 0.717) is 12.1 Å². The maximum Gasteiger partial charge on any atom is 0.109 e. The number of thioether (sulfide) groups is 1. The predicted octanol–water partition coefficient (Wildman–Crippen LogP) is 0.988. The Morgan fingerprint density at radius 3 is 3.00 bits per heavy atom. The first-order valence-corrected chi connectivity index (χ1v) is 7.85. The average Bonchev–Trinajstić information content (AvgIpc) is 2.75. The molecule has 0 aliphatic carbocycles. The largest absolute Gasteiger partial charge is 0.338 e. The summed E-state index contributed by atoms with van der Waals surface area (Å²) < 4.78 is 2.13. The molecule has 2 heterocycles. The zero-order chi connectivity index (χ0) is 13.0. The molecule has 0 aromatic carbocycles. The second-order valence-electron chi connectivity index (χ2n) is 4.95. The van der Waals surface area contributed by atoms with Crippen LogP contribution in [0.25, 0.3) is 0 Å². The molecule has 1 aromatic heterocycles. The van der Waals surface area contributed by atoms with E-state index in [-0.39, 0.29) is 0 Å². The van der Waals surface area contributed by atoms with Crippen LogP contribution < -0.4 is 5.32 Å². The third-order valence-electron chi connectivity index (χ3n) is 3.70. The van der Waals surface area contributed by atoms with Gasteiger partial charge in [-0.2, -0.15) is 11.8 Å². The third kappa shape index (κ3) is 3.28. The molecule has 2 unspecified atom stereocenters. The van der Waals surface area contributed by atoms with E-state index in [9.17, 15) is 0 Å². The van der Waals surface area contributed by atoms with Crippen molar-refractivity contribution in [2.45, 2.75) is 25.4 Å². The van der Waals surface area contributed by atoms with E-state index in [1.165, 1.54) is 23.9 Å². The van der Waals surface area contributed by atoms with E-state index in [2.05, 4.69) is 52.5 Å². The third-order valence-corrected chi connectivity index (χ3v) is 4.75. The maximum absolute atomic E-state index is 4.46. The Morgan fingerprint density at radius 1 is 1.56 bits per heavy atom. The summed E-state index contributed by atoms with van der Waals surface area (Å²) >= 11 is 2.07. The van der Waals surface area contributed by atoms with Crippen molar-refractivity contribution in [3.05, 3.63) is 18.2 Å². The smallest absolute Gasteiger partial charge is 0.109 e. The predicted molar refractivity (Wildman–Crippen MR) is 78.1 cm³/mol. The zero-order valence-electron chi connectivity index (χ0n) is 11.6. The topological polar surface area (TPSA) is 33.1 Å². The SMILES string of the molecule is CCNC(Cc1nccn1C)C1CSCCN1C. The summed E-state index contributed by atoms with van der Waals surface area (Å²) in [4.78, 5) is 6.95. The van der Waals surface area contributed by atoms with Crippen LogP contribution in [0, 0.1) is 0 Å². The highest BCUT2D eigenvalue weighted by molar-refractivity contribution is 7.99. The molecule has 2 atom stereocenters. The van der Waals surface area contributed by atoms with E-state index >= 15 is 0 Å². The van der Waals surface area contributed by atoms with Crippen LogP contribution in [0.3, 0.4) is 0 Å². The van der Waals surface area contributed by atoms with Crippen LogP contribution in [0.4, 0.5) is 0 Å². The van der Waals surface area contributed by atoms with Gasteiger partial charge in [0.1, 0.15) is 5.82 Å². The van der Waals surface area contributed by atoms with Crippen LogP contribution in [-0.4, -0.2) is 58.2 Å². The van der Waals surface area contributed by atoms with Gasteiger partial charge in [0.25, 0.3) is 0 Å². The van der Waals surface area contributed by atoms with Gasteiger partial charge in [-0.05, 0) is 13.6 Å². The average molecular weight is 268 g/mol. The Balaban J connectivity index is 2.05. The van der Waals surface area contributed by atoms with Crippen LogP contribution in [0.15, 0.2) is 12.4 Å². The van der Waals surface area contributed by atoms with Gasteiger partial charge in [0.2, 0.25) is 0 Å². The molecule has 102 valence electrons. The van der Waals surface area contributed by atoms with E-state index in [1.54, 1.807) is 0 Å². The number of aryl methyl sites for hydroxylation is 1. The monoisotopic (exact) mass is 268 g/mol. The fourth-order valence-electron chi connectivity index (χ4n) is 2.53. The Hall–Kier alpha value is -0.520. The minimum absolute atomic E-state index is 0.494. The highest BCUT2D eigenvalue weighted by Gasteiger charge is 2.28. The molecule has 0 amide bonds. The zero-order valence-corrected chi connectivity index (χ0v) is 12.4. The number of nitrogens with one attached hydrogen (secondary N) is 1. The molecule has 1 aromatic rings. The molecule has 0 spiro atoms. The first-order chi connectivity index (χ1) is 8.72. The second-order valence-corrected chi connectivity index (χ2v) is 6.10. The quantitative estimate of drug-likeness (QED) is 0.863. The van der Waals surface area contributed by atoms with Crippen LogP contribution in [0.1, 0.15) is 12.7 Å². The van der Waals surface area contributed by atoms with Crippen molar-refractivity contribution >= 4 is 11.8 Å². The number of imidazole rings is 1. The van der Waals surface area contributed by atoms with Gasteiger partial charge in [-0.15, -0.1) is 0 Å². The van der Waals surface area contributed by atoms with Crippen LogP contribution >= 0.6 is 11.8 Å². The summed E-state index contributed by atoms with van der Waals surface area (Å²) in [7, 11) is 4.32. The molecular weight excluding hydrogens is 244 g/mol. The molecule has 0 saturated carbocycles. The second kappa shape index (κ2) is 6.59. The molecule has 1 saturated heterocycles. The van der Waals surface area contributed by atoms with Crippen LogP contribution in [0.5, 0.6) is 0 Å². The van der Waals surface area contributed by atoms with E-state index in [4.69, 9.17) is 0 Å². The number of hydrogen-bond acceptors (Lipinski definition) is 4. The number of rotatable bonds is 5. The lowest BCUT2D eigenvalue weighted by Gasteiger charge is -2.38. The molecule has 0 radical (unpaired) electrons. The number of likely N-dealkylation sites (N-methyl/N-ethyl adjacent to an activating group) is 2. The molecule has 0 bridgehead atoms. The Kier molecular flexibility index (Phi) is 5.09. The van der Waals surface area contributed by atoms with Gasteiger partial charge in [-0.1, -0.05) is 6.92 Å². The molecule has 1 N–H and O–H groups in total.